The second-order valence-electron chi connectivity index (χ2n) is 2.77. The van der Waals surface area contributed by atoms with Crippen molar-refractivity contribution in [3.05, 3.63) is 36.7 Å². The van der Waals surface area contributed by atoms with E-state index in [1.54, 1.807) is 29.9 Å². The lowest BCUT2D eigenvalue weighted by atomic mass is 10.3. The van der Waals surface area contributed by atoms with Crippen molar-refractivity contribution in [1.29, 1.82) is 5.41 Å². The van der Waals surface area contributed by atoms with E-state index in [0.29, 0.717) is 5.69 Å². The Hall–Kier alpha value is -1.84. The zero-order chi connectivity index (χ0) is 10.6. The van der Waals surface area contributed by atoms with Gasteiger partial charge in [0.1, 0.15) is 6.61 Å². The van der Waals surface area contributed by atoms with E-state index in [1.165, 1.54) is 6.08 Å². The fourth-order valence-electron chi connectivity index (χ4n) is 1.03. The summed E-state index contributed by atoms with van der Waals surface area (Å²) in [7, 11) is 1.77. The molecule has 0 radical (unpaired) electrons. The Morgan fingerprint density at radius 2 is 2.50 bits per heavy atom. The second-order valence-corrected chi connectivity index (χ2v) is 2.77. The number of carbonyl (C=O) groups excluding carboxylic acids is 1. The maximum atomic E-state index is 11.2. The average Bonchev–Trinajstić information content (AvgIpc) is 2.59. The number of nitrogens with zero attached hydrogens (tertiary/aromatic N) is 1. The van der Waals surface area contributed by atoms with Crippen LogP contribution in [0.3, 0.4) is 0 Å². The summed E-state index contributed by atoms with van der Waals surface area (Å²) in [6, 6.07) is 3.46. The van der Waals surface area contributed by atoms with Gasteiger partial charge in [-0.3, -0.25) is 5.41 Å². The van der Waals surface area contributed by atoms with Crippen LogP contribution in [0.15, 0.2) is 31.0 Å². The molecular weight excluding hydrogens is 180 g/mol. The normalized spacial score (nSPS) is 9.50. The number of hydrogen-bond acceptors (Lipinski definition) is 3. The Balaban J connectivity index is 2.71. The molecule has 1 aromatic heterocycles. The molecule has 0 aromatic carbocycles. The van der Waals surface area contributed by atoms with Crippen LogP contribution in [-0.2, 0) is 16.6 Å². The summed E-state index contributed by atoms with van der Waals surface area (Å²) in [6.07, 6.45) is 3.24. The van der Waals surface area contributed by atoms with Crippen LogP contribution in [0, 0.1) is 5.41 Å². The molecule has 0 spiro atoms. The van der Waals surface area contributed by atoms with Gasteiger partial charge in [0.2, 0.25) is 0 Å². The first-order valence-corrected chi connectivity index (χ1v) is 4.15. The van der Waals surface area contributed by atoms with Crippen LogP contribution in [0.2, 0.25) is 0 Å². The molecule has 1 rings (SSSR count). The molecule has 1 heterocycles. The Kier molecular flexibility index (Phi) is 3.23. The highest BCUT2D eigenvalue weighted by atomic mass is 16.5. The smallest absolute Gasteiger partial charge is 0.358 e. The largest absolute Gasteiger partial charge is 0.457 e. The molecule has 4 nitrogen and oxygen atoms in total. The minimum absolute atomic E-state index is 0.131. The SMILES string of the molecule is C=CCOC(=O)C(=N)c1cccn1C. The Morgan fingerprint density at radius 3 is 3.00 bits per heavy atom. The van der Waals surface area contributed by atoms with Crippen molar-refractivity contribution in [3.63, 3.8) is 0 Å². The molecule has 1 N–H and O–H groups in total. The monoisotopic (exact) mass is 192 g/mol. The number of esters is 1. The van der Waals surface area contributed by atoms with Gasteiger partial charge in [0.25, 0.3) is 0 Å². The van der Waals surface area contributed by atoms with E-state index in [2.05, 4.69) is 6.58 Å². The molecule has 0 unspecified atom stereocenters. The van der Waals surface area contributed by atoms with Crippen LogP contribution < -0.4 is 0 Å². The van der Waals surface area contributed by atoms with Crippen LogP contribution >= 0.6 is 0 Å². The maximum Gasteiger partial charge on any atom is 0.358 e. The van der Waals surface area contributed by atoms with Gasteiger partial charge in [0, 0.05) is 13.2 Å². The van der Waals surface area contributed by atoms with E-state index < -0.39 is 5.97 Å². The summed E-state index contributed by atoms with van der Waals surface area (Å²) in [4.78, 5) is 11.2. The van der Waals surface area contributed by atoms with E-state index in [1.807, 2.05) is 0 Å². The summed E-state index contributed by atoms with van der Waals surface area (Å²) in [5.74, 6) is -0.633. The van der Waals surface area contributed by atoms with E-state index in [-0.39, 0.29) is 12.3 Å². The predicted molar refractivity (Wildman–Crippen MR) is 53.4 cm³/mol. The van der Waals surface area contributed by atoms with Gasteiger partial charge in [-0.05, 0) is 12.1 Å². The van der Waals surface area contributed by atoms with Crippen molar-refractivity contribution in [2.24, 2.45) is 7.05 Å². The number of carbonyl (C=O) groups is 1. The highest BCUT2D eigenvalue weighted by molar-refractivity contribution is 6.41. The van der Waals surface area contributed by atoms with Crippen molar-refractivity contribution >= 4 is 11.7 Å². The predicted octanol–water partition coefficient (Wildman–Crippen LogP) is 1.12. The molecule has 0 aliphatic heterocycles. The average molecular weight is 192 g/mol. The fraction of sp³-hybridized carbons (Fsp3) is 0.200. The third-order valence-electron chi connectivity index (χ3n) is 1.74. The number of aryl methyl sites for hydroxylation is 1. The van der Waals surface area contributed by atoms with Gasteiger partial charge >= 0.3 is 5.97 Å². The molecular formula is C10H12N2O2. The molecule has 0 aliphatic carbocycles. The summed E-state index contributed by atoms with van der Waals surface area (Å²) in [6.45, 7) is 3.55. The standard InChI is InChI=1S/C10H12N2O2/c1-3-7-14-10(13)9(11)8-5-4-6-12(8)2/h3-6,11H,1,7H2,2H3. The number of aromatic nitrogens is 1. The van der Waals surface area contributed by atoms with Gasteiger partial charge in [-0.1, -0.05) is 12.7 Å². The molecule has 0 atom stereocenters. The number of rotatable bonds is 4. The first kappa shape index (κ1) is 10.2. The third-order valence-corrected chi connectivity index (χ3v) is 1.74. The first-order valence-electron chi connectivity index (χ1n) is 4.15. The van der Waals surface area contributed by atoms with Crippen LogP contribution in [0.1, 0.15) is 5.69 Å². The Morgan fingerprint density at radius 1 is 1.79 bits per heavy atom. The second kappa shape index (κ2) is 4.41. The molecule has 0 amide bonds. The van der Waals surface area contributed by atoms with Crippen molar-refractivity contribution in [3.8, 4) is 0 Å². The molecule has 1 aromatic rings. The summed E-state index contributed by atoms with van der Waals surface area (Å²) < 4.78 is 6.43. The fourth-order valence-corrected chi connectivity index (χ4v) is 1.03. The van der Waals surface area contributed by atoms with Gasteiger partial charge in [-0.2, -0.15) is 0 Å². The topological polar surface area (TPSA) is 55.1 Å². The van der Waals surface area contributed by atoms with Gasteiger partial charge in [0.05, 0.1) is 5.69 Å². The highest BCUT2D eigenvalue weighted by Crippen LogP contribution is 2.02. The molecule has 0 fully saturated rings. The molecule has 0 saturated heterocycles. The lowest BCUT2D eigenvalue weighted by Gasteiger charge is -2.04. The zero-order valence-electron chi connectivity index (χ0n) is 7.99. The van der Waals surface area contributed by atoms with Gasteiger partial charge in [-0.15, -0.1) is 0 Å². The minimum Gasteiger partial charge on any atom is -0.457 e. The van der Waals surface area contributed by atoms with E-state index in [4.69, 9.17) is 10.1 Å². The maximum absolute atomic E-state index is 11.2. The molecule has 0 aliphatic rings. The zero-order valence-corrected chi connectivity index (χ0v) is 7.99. The molecule has 0 bridgehead atoms. The van der Waals surface area contributed by atoms with Crippen molar-refractivity contribution in [2.75, 3.05) is 6.61 Å². The lowest BCUT2D eigenvalue weighted by Crippen LogP contribution is -2.20. The van der Waals surface area contributed by atoms with E-state index in [9.17, 15) is 4.79 Å². The number of ether oxygens (including phenoxy) is 1. The molecule has 4 heteroatoms. The highest BCUT2D eigenvalue weighted by Gasteiger charge is 2.14. The summed E-state index contributed by atoms with van der Waals surface area (Å²) >= 11 is 0. The molecule has 14 heavy (non-hydrogen) atoms. The summed E-state index contributed by atoms with van der Waals surface area (Å²) in [5, 5.41) is 7.54. The van der Waals surface area contributed by atoms with Crippen molar-refractivity contribution in [1.82, 2.24) is 4.57 Å². The minimum atomic E-state index is -0.633. The van der Waals surface area contributed by atoms with Gasteiger partial charge in [-0.25, -0.2) is 4.79 Å². The first-order chi connectivity index (χ1) is 6.66. The lowest BCUT2D eigenvalue weighted by molar-refractivity contribution is -0.134. The Labute approximate surface area is 82.3 Å². The van der Waals surface area contributed by atoms with Crippen LogP contribution in [0.5, 0.6) is 0 Å². The summed E-state index contributed by atoms with van der Waals surface area (Å²) in [5.41, 5.74) is 0.401. The van der Waals surface area contributed by atoms with E-state index in [0.717, 1.165) is 0 Å². The van der Waals surface area contributed by atoms with Crippen LogP contribution in [0.25, 0.3) is 0 Å². The quantitative estimate of drug-likeness (QED) is 0.441. The van der Waals surface area contributed by atoms with Crippen LogP contribution in [0.4, 0.5) is 0 Å². The van der Waals surface area contributed by atoms with Gasteiger partial charge < -0.3 is 9.30 Å². The Bertz CT molecular complexity index is 366. The number of hydrogen-bond donors (Lipinski definition) is 1. The van der Waals surface area contributed by atoms with E-state index >= 15 is 0 Å². The third kappa shape index (κ3) is 2.10. The van der Waals surface area contributed by atoms with Crippen molar-refractivity contribution in [2.45, 2.75) is 0 Å². The van der Waals surface area contributed by atoms with Crippen molar-refractivity contribution < 1.29 is 9.53 Å². The molecule has 0 saturated carbocycles. The van der Waals surface area contributed by atoms with Crippen LogP contribution in [-0.4, -0.2) is 22.9 Å². The molecule has 74 valence electrons. The van der Waals surface area contributed by atoms with Gasteiger partial charge in [0.15, 0.2) is 5.71 Å². The number of nitrogens with one attached hydrogen (secondary N) is 1.